The molecular formula is C22H16N8O2. The number of carbonyl (C=O) groups is 2. The molecule has 4 aromatic rings. The summed E-state index contributed by atoms with van der Waals surface area (Å²) in [5, 5.41) is 7.59. The second kappa shape index (κ2) is 6.24. The van der Waals surface area contributed by atoms with E-state index in [-0.39, 0.29) is 24.8 Å². The summed E-state index contributed by atoms with van der Waals surface area (Å²) >= 11 is 0. The van der Waals surface area contributed by atoms with Crippen molar-refractivity contribution >= 4 is 34.5 Å². The first-order valence-corrected chi connectivity index (χ1v) is 9.95. The van der Waals surface area contributed by atoms with Gasteiger partial charge in [-0.25, -0.2) is 15.0 Å². The standard InChI is InChI=1S/C22H16N8O2/c1-3-8-29-14-7-5-4-6-13(14)22(21(29)32)9-15(31)27-19-16(22)12(2)28-30(19)20-17-18(24-10-23-17)25-11-26-20/h1,4-7,10-11H,8-9H2,2H3,(H,27,31)(H,23,24,25,26). The van der Waals surface area contributed by atoms with Gasteiger partial charge in [0.25, 0.3) is 0 Å². The van der Waals surface area contributed by atoms with Gasteiger partial charge in [-0.05, 0) is 18.6 Å². The molecule has 32 heavy (non-hydrogen) atoms. The molecule has 0 aliphatic carbocycles. The molecule has 1 spiro atoms. The molecule has 6 rings (SSSR count). The predicted molar refractivity (Wildman–Crippen MR) is 115 cm³/mol. The fraction of sp³-hybridized carbons (Fsp3) is 0.182. The van der Waals surface area contributed by atoms with E-state index in [1.807, 2.05) is 31.2 Å². The minimum Gasteiger partial charge on any atom is -0.340 e. The van der Waals surface area contributed by atoms with E-state index in [0.29, 0.717) is 39.7 Å². The highest BCUT2D eigenvalue weighted by molar-refractivity contribution is 6.16. The maximum atomic E-state index is 13.9. The van der Waals surface area contributed by atoms with Crippen LogP contribution in [0.1, 0.15) is 23.2 Å². The molecule has 2 aliphatic rings. The first-order chi connectivity index (χ1) is 15.6. The van der Waals surface area contributed by atoms with Crippen molar-refractivity contribution < 1.29 is 9.59 Å². The molecule has 0 saturated carbocycles. The van der Waals surface area contributed by atoms with Crippen LogP contribution < -0.4 is 10.2 Å². The third kappa shape index (κ3) is 2.14. The largest absolute Gasteiger partial charge is 0.340 e. The molecule has 1 aromatic carbocycles. The predicted octanol–water partition coefficient (Wildman–Crippen LogP) is 1.46. The smallest absolute Gasteiger partial charge is 0.243 e. The molecule has 10 nitrogen and oxygen atoms in total. The van der Waals surface area contributed by atoms with Crippen LogP contribution >= 0.6 is 0 Å². The van der Waals surface area contributed by atoms with Crippen LogP contribution in [0.25, 0.3) is 17.0 Å². The summed E-state index contributed by atoms with van der Waals surface area (Å²) in [6.45, 7) is 1.93. The number of nitrogens with zero attached hydrogens (tertiary/aromatic N) is 6. The molecule has 1 atom stereocenters. The Morgan fingerprint density at radius 1 is 1.22 bits per heavy atom. The van der Waals surface area contributed by atoms with Crippen LogP contribution in [0.3, 0.4) is 0 Å². The number of H-pyrrole nitrogens is 1. The van der Waals surface area contributed by atoms with Gasteiger partial charge in [0.1, 0.15) is 23.1 Å². The van der Waals surface area contributed by atoms with Crippen molar-refractivity contribution in [2.24, 2.45) is 0 Å². The summed E-state index contributed by atoms with van der Waals surface area (Å²) in [6.07, 6.45) is 8.42. The van der Waals surface area contributed by atoms with E-state index in [2.05, 4.69) is 36.3 Å². The van der Waals surface area contributed by atoms with E-state index >= 15 is 0 Å². The second-order valence-electron chi connectivity index (χ2n) is 7.76. The monoisotopic (exact) mass is 424 g/mol. The van der Waals surface area contributed by atoms with Gasteiger partial charge in [-0.1, -0.05) is 24.1 Å². The summed E-state index contributed by atoms with van der Waals surface area (Å²) in [5.74, 6) is 2.86. The number of aromatic nitrogens is 6. The summed E-state index contributed by atoms with van der Waals surface area (Å²) in [6, 6.07) is 7.44. The molecule has 2 N–H and O–H groups in total. The molecule has 0 radical (unpaired) electrons. The van der Waals surface area contributed by atoms with E-state index in [9.17, 15) is 9.59 Å². The summed E-state index contributed by atoms with van der Waals surface area (Å²) < 4.78 is 1.53. The Morgan fingerprint density at radius 2 is 2.06 bits per heavy atom. The molecular weight excluding hydrogens is 408 g/mol. The van der Waals surface area contributed by atoms with Crippen molar-refractivity contribution in [3.63, 3.8) is 0 Å². The third-order valence-electron chi connectivity index (χ3n) is 6.09. The number of hydrogen-bond acceptors (Lipinski definition) is 6. The topological polar surface area (TPSA) is 122 Å². The van der Waals surface area contributed by atoms with E-state index in [0.717, 1.165) is 5.56 Å². The fourth-order valence-corrected chi connectivity index (χ4v) is 4.91. The first kappa shape index (κ1) is 18.3. The number of rotatable bonds is 2. The molecule has 156 valence electrons. The van der Waals surface area contributed by atoms with Crippen molar-refractivity contribution in [2.45, 2.75) is 18.8 Å². The normalized spacial score (nSPS) is 19.2. The maximum absolute atomic E-state index is 13.9. The zero-order chi connectivity index (χ0) is 22.0. The van der Waals surface area contributed by atoms with Crippen molar-refractivity contribution in [2.75, 3.05) is 16.8 Å². The summed E-state index contributed by atoms with van der Waals surface area (Å²) in [7, 11) is 0. The van der Waals surface area contributed by atoms with Gasteiger partial charge in [0.2, 0.25) is 11.8 Å². The van der Waals surface area contributed by atoms with Gasteiger partial charge < -0.3 is 10.3 Å². The number of carbonyl (C=O) groups excluding carboxylic acids is 2. The second-order valence-corrected chi connectivity index (χ2v) is 7.76. The zero-order valence-corrected chi connectivity index (χ0v) is 17.0. The molecule has 0 fully saturated rings. The SMILES string of the molecule is C#CCN1C(=O)C2(CC(=O)Nc3c2c(C)nn3-c2ncnc3nc[nH]c23)c2ccccc21. The average Bonchev–Trinajstić information content (AvgIpc) is 3.46. The third-order valence-corrected chi connectivity index (χ3v) is 6.09. The van der Waals surface area contributed by atoms with Crippen molar-refractivity contribution in [1.82, 2.24) is 29.7 Å². The van der Waals surface area contributed by atoms with Crippen LogP contribution in [0.4, 0.5) is 11.5 Å². The number of benzene rings is 1. The van der Waals surface area contributed by atoms with E-state index in [1.54, 1.807) is 4.90 Å². The zero-order valence-electron chi connectivity index (χ0n) is 17.0. The van der Waals surface area contributed by atoms with Gasteiger partial charge in [-0.15, -0.1) is 6.42 Å². The van der Waals surface area contributed by atoms with Crippen molar-refractivity contribution in [1.29, 1.82) is 0 Å². The average molecular weight is 424 g/mol. The Labute approximate surface area is 181 Å². The first-order valence-electron chi connectivity index (χ1n) is 9.95. The van der Waals surface area contributed by atoms with Gasteiger partial charge in [-0.2, -0.15) is 9.78 Å². The van der Waals surface area contributed by atoms with Crippen LogP contribution in [-0.4, -0.2) is 48.1 Å². The number of para-hydroxylation sites is 1. The van der Waals surface area contributed by atoms with Gasteiger partial charge in [-0.3, -0.25) is 14.5 Å². The molecule has 5 heterocycles. The minimum absolute atomic E-state index is 0.0350. The van der Waals surface area contributed by atoms with Gasteiger partial charge in [0.05, 0.1) is 18.6 Å². The highest BCUT2D eigenvalue weighted by Gasteiger charge is 2.57. The maximum Gasteiger partial charge on any atom is 0.243 e. The Balaban J connectivity index is 1.66. The van der Waals surface area contributed by atoms with Crippen LogP contribution in [0.2, 0.25) is 0 Å². The van der Waals surface area contributed by atoms with Crippen LogP contribution in [0.15, 0.2) is 36.9 Å². The lowest BCUT2D eigenvalue weighted by Crippen LogP contribution is -2.47. The highest BCUT2D eigenvalue weighted by Crippen LogP contribution is 2.53. The molecule has 3 aromatic heterocycles. The number of hydrogen-bond donors (Lipinski definition) is 2. The highest BCUT2D eigenvalue weighted by atomic mass is 16.2. The summed E-state index contributed by atoms with van der Waals surface area (Å²) in [5.41, 5.74) is 2.52. The number of aromatic amines is 1. The van der Waals surface area contributed by atoms with Gasteiger partial charge in [0, 0.05) is 17.7 Å². The lowest BCUT2D eigenvalue weighted by molar-refractivity contribution is -0.126. The van der Waals surface area contributed by atoms with E-state index in [4.69, 9.17) is 6.42 Å². The number of terminal acetylenes is 1. The quantitative estimate of drug-likeness (QED) is 0.470. The molecule has 0 saturated heterocycles. The Bertz CT molecular complexity index is 1490. The Kier molecular flexibility index (Phi) is 3.56. The summed E-state index contributed by atoms with van der Waals surface area (Å²) in [4.78, 5) is 44.1. The van der Waals surface area contributed by atoms with E-state index < -0.39 is 5.41 Å². The fourth-order valence-electron chi connectivity index (χ4n) is 4.91. The number of fused-ring (bicyclic) bond motifs is 5. The minimum atomic E-state index is -1.21. The van der Waals surface area contributed by atoms with Crippen LogP contribution in [-0.2, 0) is 15.0 Å². The number of aryl methyl sites for hydroxylation is 1. The van der Waals surface area contributed by atoms with Crippen LogP contribution in [0, 0.1) is 19.3 Å². The van der Waals surface area contributed by atoms with E-state index in [1.165, 1.54) is 17.3 Å². The van der Waals surface area contributed by atoms with Gasteiger partial charge in [0.15, 0.2) is 11.5 Å². The number of anilines is 2. The molecule has 2 aliphatic heterocycles. The Morgan fingerprint density at radius 3 is 2.91 bits per heavy atom. The molecule has 10 heteroatoms. The molecule has 2 amide bonds. The Hall–Kier alpha value is -4.52. The van der Waals surface area contributed by atoms with Crippen LogP contribution in [0.5, 0.6) is 0 Å². The molecule has 1 unspecified atom stereocenters. The number of nitrogens with one attached hydrogen (secondary N) is 2. The lowest BCUT2D eigenvalue weighted by atomic mass is 9.70. The van der Waals surface area contributed by atoms with Crippen molar-refractivity contribution in [3.05, 3.63) is 53.7 Å². The van der Waals surface area contributed by atoms with Gasteiger partial charge >= 0.3 is 0 Å². The molecule has 0 bridgehead atoms. The number of imidazole rings is 1. The number of amides is 2. The van der Waals surface area contributed by atoms with Crippen molar-refractivity contribution in [3.8, 4) is 18.2 Å². The lowest BCUT2D eigenvalue weighted by Gasteiger charge is -2.33.